The van der Waals surface area contributed by atoms with Crippen molar-refractivity contribution in [3.8, 4) is 11.3 Å². The first-order chi connectivity index (χ1) is 8.11. The SMILES string of the molecule is CNc1cc(-c2cccc(F)c2F)nc(N)n1. The van der Waals surface area contributed by atoms with Crippen LogP contribution in [0.2, 0.25) is 0 Å². The zero-order valence-corrected chi connectivity index (χ0v) is 9.04. The maximum absolute atomic E-state index is 13.6. The monoisotopic (exact) mass is 236 g/mol. The molecule has 88 valence electrons. The molecular formula is C11H10F2N4. The maximum atomic E-state index is 13.6. The largest absolute Gasteiger partial charge is 0.373 e. The highest BCUT2D eigenvalue weighted by atomic mass is 19.2. The lowest BCUT2D eigenvalue weighted by molar-refractivity contribution is 0.511. The molecule has 0 aliphatic heterocycles. The minimum absolute atomic E-state index is 0.00416. The molecule has 0 fully saturated rings. The summed E-state index contributed by atoms with van der Waals surface area (Å²) in [5.74, 6) is -1.44. The van der Waals surface area contributed by atoms with Crippen molar-refractivity contribution >= 4 is 11.8 Å². The molecular weight excluding hydrogens is 226 g/mol. The van der Waals surface area contributed by atoms with Crippen molar-refractivity contribution < 1.29 is 8.78 Å². The summed E-state index contributed by atoms with van der Waals surface area (Å²) in [7, 11) is 1.65. The molecule has 0 saturated carbocycles. The molecule has 1 heterocycles. The molecule has 4 nitrogen and oxygen atoms in total. The number of nitrogens with zero attached hydrogens (tertiary/aromatic N) is 2. The van der Waals surface area contributed by atoms with Crippen LogP contribution in [-0.4, -0.2) is 17.0 Å². The topological polar surface area (TPSA) is 63.8 Å². The number of hydrogen-bond acceptors (Lipinski definition) is 4. The molecule has 6 heteroatoms. The first-order valence-corrected chi connectivity index (χ1v) is 4.88. The summed E-state index contributed by atoms with van der Waals surface area (Å²) in [5.41, 5.74) is 5.77. The van der Waals surface area contributed by atoms with E-state index in [1.54, 1.807) is 7.05 Å². The molecule has 0 amide bonds. The van der Waals surface area contributed by atoms with Crippen molar-refractivity contribution in [1.29, 1.82) is 0 Å². The molecule has 2 aromatic rings. The van der Waals surface area contributed by atoms with Gasteiger partial charge in [0.1, 0.15) is 5.82 Å². The van der Waals surface area contributed by atoms with E-state index >= 15 is 0 Å². The Morgan fingerprint density at radius 3 is 2.71 bits per heavy atom. The van der Waals surface area contributed by atoms with Crippen LogP contribution in [-0.2, 0) is 0 Å². The zero-order valence-electron chi connectivity index (χ0n) is 9.04. The Labute approximate surface area is 96.5 Å². The highest BCUT2D eigenvalue weighted by Crippen LogP contribution is 2.24. The standard InChI is InChI=1S/C11H10F2N4/c1-15-9-5-8(16-11(14)17-9)6-3-2-4-7(12)10(6)13/h2-5H,1H3,(H3,14,15,16,17). The number of nitrogens with one attached hydrogen (secondary N) is 1. The molecule has 0 spiro atoms. The van der Waals surface area contributed by atoms with Gasteiger partial charge in [0.15, 0.2) is 11.6 Å². The number of nitrogen functional groups attached to an aromatic ring is 1. The van der Waals surface area contributed by atoms with Gasteiger partial charge in [-0.3, -0.25) is 0 Å². The van der Waals surface area contributed by atoms with Gasteiger partial charge in [-0.1, -0.05) is 6.07 Å². The van der Waals surface area contributed by atoms with Crippen LogP contribution in [0.25, 0.3) is 11.3 Å². The second-order valence-corrected chi connectivity index (χ2v) is 3.35. The van der Waals surface area contributed by atoms with Crippen LogP contribution < -0.4 is 11.1 Å². The van der Waals surface area contributed by atoms with E-state index in [9.17, 15) is 8.78 Å². The number of halogens is 2. The first kappa shape index (κ1) is 11.3. The normalized spacial score (nSPS) is 10.3. The minimum atomic E-state index is -0.951. The summed E-state index contributed by atoms with van der Waals surface area (Å²) in [6.45, 7) is 0. The van der Waals surface area contributed by atoms with Gasteiger partial charge in [0.2, 0.25) is 5.95 Å². The van der Waals surface area contributed by atoms with Crippen molar-refractivity contribution in [2.24, 2.45) is 0 Å². The van der Waals surface area contributed by atoms with Gasteiger partial charge in [0.25, 0.3) is 0 Å². The second-order valence-electron chi connectivity index (χ2n) is 3.35. The fourth-order valence-electron chi connectivity index (χ4n) is 1.43. The average Bonchev–Trinajstić information content (AvgIpc) is 2.31. The highest BCUT2D eigenvalue weighted by Gasteiger charge is 2.12. The third-order valence-electron chi connectivity index (χ3n) is 2.23. The molecule has 0 atom stereocenters. The lowest BCUT2D eigenvalue weighted by atomic mass is 10.1. The number of aromatic nitrogens is 2. The first-order valence-electron chi connectivity index (χ1n) is 4.88. The Morgan fingerprint density at radius 2 is 2.00 bits per heavy atom. The summed E-state index contributed by atoms with van der Waals surface area (Å²) in [4.78, 5) is 7.74. The number of benzene rings is 1. The van der Waals surface area contributed by atoms with E-state index < -0.39 is 11.6 Å². The Balaban J connectivity index is 2.60. The lowest BCUT2D eigenvalue weighted by Crippen LogP contribution is -2.02. The van der Waals surface area contributed by atoms with E-state index in [-0.39, 0.29) is 17.2 Å². The fraction of sp³-hybridized carbons (Fsp3) is 0.0909. The van der Waals surface area contributed by atoms with E-state index in [0.29, 0.717) is 5.82 Å². The van der Waals surface area contributed by atoms with E-state index in [2.05, 4.69) is 15.3 Å². The van der Waals surface area contributed by atoms with Gasteiger partial charge < -0.3 is 11.1 Å². The van der Waals surface area contributed by atoms with Gasteiger partial charge in [0, 0.05) is 18.7 Å². The van der Waals surface area contributed by atoms with E-state index in [4.69, 9.17) is 5.73 Å². The minimum Gasteiger partial charge on any atom is -0.373 e. The van der Waals surface area contributed by atoms with Crippen LogP contribution >= 0.6 is 0 Å². The highest BCUT2D eigenvalue weighted by molar-refractivity contribution is 5.64. The van der Waals surface area contributed by atoms with Crippen molar-refractivity contribution in [3.05, 3.63) is 35.9 Å². The molecule has 1 aromatic carbocycles. The van der Waals surface area contributed by atoms with Gasteiger partial charge >= 0.3 is 0 Å². The third kappa shape index (κ3) is 2.15. The number of anilines is 2. The van der Waals surface area contributed by atoms with Gasteiger partial charge in [-0.15, -0.1) is 0 Å². The summed E-state index contributed by atoms with van der Waals surface area (Å²) in [5, 5.41) is 2.76. The molecule has 0 bridgehead atoms. The van der Waals surface area contributed by atoms with E-state index in [1.165, 1.54) is 18.2 Å². The van der Waals surface area contributed by atoms with Crippen LogP contribution in [0.15, 0.2) is 24.3 Å². The maximum Gasteiger partial charge on any atom is 0.222 e. The molecule has 17 heavy (non-hydrogen) atoms. The lowest BCUT2D eigenvalue weighted by Gasteiger charge is -2.06. The van der Waals surface area contributed by atoms with Gasteiger partial charge in [-0.2, -0.15) is 4.98 Å². The number of rotatable bonds is 2. The van der Waals surface area contributed by atoms with Crippen LogP contribution in [0, 0.1) is 11.6 Å². The smallest absolute Gasteiger partial charge is 0.222 e. The third-order valence-corrected chi connectivity index (χ3v) is 2.23. The number of hydrogen-bond donors (Lipinski definition) is 2. The molecule has 0 aliphatic rings. The van der Waals surface area contributed by atoms with Gasteiger partial charge in [0.05, 0.1) is 5.69 Å². The Hall–Kier alpha value is -2.24. The van der Waals surface area contributed by atoms with Crippen LogP contribution in [0.1, 0.15) is 0 Å². The molecule has 1 aromatic heterocycles. The zero-order chi connectivity index (χ0) is 12.4. The van der Waals surface area contributed by atoms with Gasteiger partial charge in [-0.05, 0) is 12.1 Å². The predicted octanol–water partition coefficient (Wildman–Crippen LogP) is 2.05. The Bertz CT molecular complexity index is 557. The van der Waals surface area contributed by atoms with Crippen molar-refractivity contribution in [2.45, 2.75) is 0 Å². The van der Waals surface area contributed by atoms with Crippen molar-refractivity contribution in [2.75, 3.05) is 18.1 Å². The molecule has 0 radical (unpaired) electrons. The van der Waals surface area contributed by atoms with Crippen molar-refractivity contribution in [3.63, 3.8) is 0 Å². The molecule has 2 rings (SSSR count). The Kier molecular flexibility index (Phi) is 2.86. The van der Waals surface area contributed by atoms with E-state index in [0.717, 1.165) is 6.07 Å². The van der Waals surface area contributed by atoms with Crippen LogP contribution in [0.4, 0.5) is 20.5 Å². The van der Waals surface area contributed by atoms with Crippen molar-refractivity contribution in [1.82, 2.24) is 9.97 Å². The summed E-state index contributed by atoms with van der Waals surface area (Å²) < 4.78 is 26.6. The fourth-order valence-corrected chi connectivity index (χ4v) is 1.43. The summed E-state index contributed by atoms with van der Waals surface area (Å²) >= 11 is 0. The Morgan fingerprint density at radius 1 is 1.24 bits per heavy atom. The van der Waals surface area contributed by atoms with Crippen LogP contribution in [0.5, 0.6) is 0 Å². The molecule has 0 unspecified atom stereocenters. The number of nitrogens with two attached hydrogens (primary N) is 1. The quantitative estimate of drug-likeness (QED) is 0.837. The predicted molar refractivity (Wildman–Crippen MR) is 61.3 cm³/mol. The summed E-state index contributed by atoms with van der Waals surface area (Å²) in [6.07, 6.45) is 0. The van der Waals surface area contributed by atoms with E-state index in [1.807, 2.05) is 0 Å². The summed E-state index contributed by atoms with van der Waals surface area (Å²) in [6, 6.07) is 5.38. The average molecular weight is 236 g/mol. The van der Waals surface area contributed by atoms with Gasteiger partial charge in [-0.25, -0.2) is 13.8 Å². The second kappa shape index (κ2) is 4.32. The molecule has 0 saturated heterocycles. The molecule has 3 N–H and O–H groups in total. The molecule has 0 aliphatic carbocycles. The van der Waals surface area contributed by atoms with Crippen LogP contribution in [0.3, 0.4) is 0 Å².